The molecule has 0 spiro atoms. The van der Waals surface area contributed by atoms with Gasteiger partial charge in [-0.25, -0.2) is 4.39 Å². The Morgan fingerprint density at radius 3 is 2.85 bits per heavy atom. The van der Waals surface area contributed by atoms with Crippen LogP contribution in [-0.4, -0.2) is 62.8 Å². The van der Waals surface area contributed by atoms with E-state index in [4.69, 9.17) is 0 Å². The zero-order chi connectivity index (χ0) is 18.9. The number of halogens is 1. The average Bonchev–Trinajstić information content (AvgIpc) is 3.32. The molecular weight excluding hydrogens is 369 g/mol. The molecule has 4 rings (SSSR count). The molecule has 142 valence electrons. The zero-order valence-corrected chi connectivity index (χ0v) is 15.5. The summed E-state index contributed by atoms with van der Waals surface area (Å²) in [5, 5.41) is 13.0. The van der Waals surface area contributed by atoms with Crippen molar-refractivity contribution in [3.63, 3.8) is 0 Å². The first-order valence-corrected chi connectivity index (χ1v) is 10.00. The Hall–Kier alpha value is -2.42. The van der Waals surface area contributed by atoms with Gasteiger partial charge >= 0.3 is 0 Å². The van der Waals surface area contributed by atoms with E-state index in [1.807, 2.05) is 11.8 Å². The van der Waals surface area contributed by atoms with E-state index in [0.717, 1.165) is 17.9 Å². The zero-order valence-electron chi connectivity index (χ0n) is 14.7. The predicted octanol–water partition coefficient (Wildman–Crippen LogP) is 1.25. The number of hydrogen-bond acceptors (Lipinski definition) is 5. The summed E-state index contributed by atoms with van der Waals surface area (Å²) in [6.07, 6.45) is 2.55. The van der Waals surface area contributed by atoms with Gasteiger partial charge in [-0.2, -0.15) is 27.2 Å². The Labute approximate surface area is 160 Å². The molecule has 0 saturated carbocycles. The number of nitrogens with zero attached hydrogens (tertiary/aromatic N) is 3. The third-order valence-electron chi connectivity index (χ3n) is 5.14. The molecule has 2 aliphatic heterocycles. The second-order valence-corrected chi connectivity index (χ2v) is 8.25. The van der Waals surface area contributed by atoms with E-state index in [1.54, 1.807) is 23.1 Å². The lowest BCUT2D eigenvalue weighted by Crippen LogP contribution is -2.66. The Kier molecular flexibility index (Phi) is 4.86. The molecule has 2 aliphatic rings. The summed E-state index contributed by atoms with van der Waals surface area (Å²) in [7, 11) is 0. The summed E-state index contributed by atoms with van der Waals surface area (Å²) in [4.78, 5) is 27.1. The number of H-pyrrole nitrogens is 1. The number of thioether (sulfide) groups is 1. The number of nitrogens with one attached hydrogen (secondary N) is 2. The van der Waals surface area contributed by atoms with Crippen LogP contribution < -0.4 is 5.32 Å². The maximum absolute atomic E-state index is 14.2. The fraction of sp³-hybridized carbons (Fsp3) is 0.444. The van der Waals surface area contributed by atoms with Crippen LogP contribution in [-0.2, 0) is 11.2 Å². The summed E-state index contributed by atoms with van der Waals surface area (Å²) >= 11 is 1.81. The summed E-state index contributed by atoms with van der Waals surface area (Å²) in [5.74, 6) is 1.20. The molecule has 2 N–H and O–H groups in total. The van der Waals surface area contributed by atoms with Crippen LogP contribution in [0.5, 0.6) is 0 Å². The van der Waals surface area contributed by atoms with Gasteiger partial charge in [-0.15, -0.1) is 0 Å². The van der Waals surface area contributed by atoms with Crippen LogP contribution in [0.15, 0.2) is 30.5 Å². The second-order valence-electron chi connectivity index (χ2n) is 7.10. The third kappa shape index (κ3) is 3.55. The minimum absolute atomic E-state index is 0.109. The number of carbonyl (C=O) groups is 2. The summed E-state index contributed by atoms with van der Waals surface area (Å²) < 4.78 is 14.2. The van der Waals surface area contributed by atoms with Crippen molar-refractivity contribution in [1.29, 1.82) is 0 Å². The maximum Gasteiger partial charge on any atom is 0.276 e. The quantitative estimate of drug-likeness (QED) is 0.803. The van der Waals surface area contributed by atoms with Crippen molar-refractivity contribution in [1.82, 2.24) is 25.6 Å². The van der Waals surface area contributed by atoms with Crippen LogP contribution in [0.25, 0.3) is 0 Å². The normalized spacial score (nSPS) is 20.9. The van der Waals surface area contributed by atoms with Gasteiger partial charge in [-0.3, -0.25) is 9.59 Å². The van der Waals surface area contributed by atoms with Crippen molar-refractivity contribution in [3.8, 4) is 0 Å². The highest BCUT2D eigenvalue weighted by Crippen LogP contribution is 2.36. The number of aromatic nitrogens is 3. The molecule has 1 atom stereocenters. The molecule has 7 nitrogen and oxygen atoms in total. The molecule has 2 amide bonds. The van der Waals surface area contributed by atoms with Gasteiger partial charge in [-0.05, 0) is 30.2 Å². The molecule has 9 heteroatoms. The van der Waals surface area contributed by atoms with E-state index in [9.17, 15) is 14.0 Å². The number of hydrogen-bond donors (Lipinski definition) is 2. The molecule has 1 aromatic carbocycles. The van der Waals surface area contributed by atoms with E-state index in [2.05, 4.69) is 20.7 Å². The summed E-state index contributed by atoms with van der Waals surface area (Å²) in [6.45, 7) is 0.470. The first-order valence-electron chi connectivity index (χ1n) is 8.85. The molecule has 1 unspecified atom stereocenters. The van der Waals surface area contributed by atoms with E-state index in [-0.39, 0.29) is 48.9 Å². The van der Waals surface area contributed by atoms with Gasteiger partial charge in [0.25, 0.3) is 5.91 Å². The monoisotopic (exact) mass is 389 g/mol. The SMILES string of the molecule is O=C(c1cn[nH]n1)N1CC(Cc2ccccc2F)(C(=O)NC2CCSC2)C1. The predicted molar refractivity (Wildman–Crippen MR) is 98.7 cm³/mol. The van der Waals surface area contributed by atoms with Gasteiger partial charge < -0.3 is 10.2 Å². The fourth-order valence-electron chi connectivity index (χ4n) is 3.62. The lowest BCUT2D eigenvalue weighted by molar-refractivity contribution is -0.140. The minimum Gasteiger partial charge on any atom is -0.352 e. The van der Waals surface area contributed by atoms with Crippen molar-refractivity contribution in [3.05, 3.63) is 47.5 Å². The smallest absolute Gasteiger partial charge is 0.276 e. The molecular formula is C18H20FN5O2S. The van der Waals surface area contributed by atoms with E-state index in [0.29, 0.717) is 5.56 Å². The molecule has 27 heavy (non-hydrogen) atoms. The average molecular weight is 389 g/mol. The first kappa shape index (κ1) is 18.0. The third-order valence-corrected chi connectivity index (χ3v) is 6.30. The summed E-state index contributed by atoms with van der Waals surface area (Å²) in [5.41, 5.74) is -0.126. The summed E-state index contributed by atoms with van der Waals surface area (Å²) in [6, 6.07) is 6.61. The van der Waals surface area contributed by atoms with E-state index in [1.165, 1.54) is 12.3 Å². The topological polar surface area (TPSA) is 91.0 Å². The number of rotatable bonds is 5. The first-order chi connectivity index (χ1) is 13.1. The van der Waals surface area contributed by atoms with Gasteiger partial charge in [0.2, 0.25) is 5.91 Å². The van der Waals surface area contributed by atoms with Crippen LogP contribution >= 0.6 is 11.8 Å². The van der Waals surface area contributed by atoms with Crippen molar-refractivity contribution in [2.45, 2.75) is 18.9 Å². The number of carbonyl (C=O) groups excluding carboxylic acids is 2. The van der Waals surface area contributed by atoms with Gasteiger partial charge in [0.15, 0.2) is 5.69 Å². The maximum atomic E-state index is 14.2. The fourth-order valence-corrected chi connectivity index (χ4v) is 4.78. The highest BCUT2D eigenvalue weighted by atomic mass is 32.2. The minimum atomic E-state index is -0.825. The molecule has 2 aromatic rings. The van der Waals surface area contributed by atoms with Gasteiger partial charge in [0.05, 0.1) is 11.6 Å². The lowest BCUT2D eigenvalue weighted by Gasteiger charge is -2.49. The number of benzene rings is 1. The van der Waals surface area contributed by atoms with Crippen LogP contribution in [0.3, 0.4) is 0 Å². The van der Waals surface area contributed by atoms with Crippen molar-refractivity contribution < 1.29 is 14.0 Å². The standard InChI is InChI=1S/C18H20FN5O2S/c19-14-4-2-1-3-12(14)7-18(17(26)21-13-5-6-27-9-13)10-24(11-18)16(25)15-8-20-23-22-15/h1-4,8,13H,5-7,9-11H2,(H,21,26)(H,20,22,23). The molecule has 3 heterocycles. The molecule has 0 aliphatic carbocycles. The number of aromatic amines is 1. The van der Waals surface area contributed by atoms with Crippen LogP contribution in [0.2, 0.25) is 0 Å². The van der Waals surface area contributed by atoms with E-state index < -0.39 is 5.41 Å². The molecule has 1 aromatic heterocycles. The van der Waals surface area contributed by atoms with Crippen molar-refractivity contribution in [2.24, 2.45) is 5.41 Å². The second kappa shape index (κ2) is 7.30. The number of likely N-dealkylation sites (tertiary alicyclic amines) is 1. The Morgan fingerprint density at radius 1 is 1.37 bits per heavy atom. The molecule has 2 saturated heterocycles. The largest absolute Gasteiger partial charge is 0.352 e. The van der Waals surface area contributed by atoms with E-state index >= 15 is 0 Å². The Morgan fingerprint density at radius 2 is 2.19 bits per heavy atom. The van der Waals surface area contributed by atoms with Crippen LogP contribution in [0, 0.1) is 11.2 Å². The Bertz CT molecular complexity index is 832. The lowest BCUT2D eigenvalue weighted by atomic mass is 9.73. The Balaban J connectivity index is 1.52. The van der Waals surface area contributed by atoms with Crippen molar-refractivity contribution in [2.75, 3.05) is 24.6 Å². The van der Waals surface area contributed by atoms with Gasteiger partial charge in [-0.1, -0.05) is 18.2 Å². The van der Waals surface area contributed by atoms with Gasteiger partial charge in [0, 0.05) is 24.9 Å². The van der Waals surface area contributed by atoms with Crippen LogP contribution in [0.4, 0.5) is 4.39 Å². The van der Waals surface area contributed by atoms with Gasteiger partial charge in [0.1, 0.15) is 5.82 Å². The number of amides is 2. The molecule has 0 bridgehead atoms. The highest BCUT2D eigenvalue weighted by molar-refractivity contribution is 7.99. The molecule has 0 radical (unpaired) electrons. The molecule has 2 fully saturated rings. The van der Waals surface area contributed by atoms with Crippen LogP contribution in [0.1, 0.15) is 22.5 Å². The van der Waals surface area contributed by atoms with Crippen molar-refractivity contribution >= 4 is 23.6 Å². The highest BCUT2D eigenvalue weighted by Gasteiger charge is 2.52.